The zero-order valence-corrected chi connectivity index (χ0v) is 16.8. The molecule has 0 aliphatic heterocycles. The number of hydrogen-bond acceptors (Lipinski definition) is 3. The second kappa shape index (κ2) is 17.7. The quantitative estimate of drug-likeness (QED) is 0.440. The second-order valence-corrected chi connectivity index (χ2v) is 5.84. The number of aromatic hydroxyl groups is 1. The van der Waals surface area contributed by atoms with Gasteiger partial charge < -0.3 is 15.2 Å². The summed E-state index contributed by atoms with van der Waals surface area (Å²) in [6.45, 7) is 14.2. The topological polar surface area (TPSA) is 49.3 Å². The molecule has 2 aromatic rings. The highest BCUT2D eigenvalue weighted by Gasteiger charge is 2.03. The summed E-state index contributed by atoms with van der Waals surface area (Å²) in [4.78, 5) is 8.00. The minimum atomic E-state index is 0. The highest BCUT2D eigenvalue weighted by atomic mass is 16.3. The van der Waals surface area contributed by atoms with E-state index < -0.39 is 0 Å². The molecule has 0 amide bonds. The minimum Gasteiger partial charge on any atom is -0.508 e. The Kier molecular flexibility index (Phi) is 17.5. The molecule has 2 aromatic carbocycles. The van der Waals surface area contributed by atoms with E-state index >= 15 is 0 Å². The van der Waals surface area contributed by atoms with Gasteiger partial charge in [0.05, 0.1) is 0 Å². The Morgan fingerprint density at radius 2 is 1.64 bits per heavy atom. The van der Waals surface area contributed by atoms with Crippen LogP contribution in [0.15, 0.2) is 72.8 Å². The summed E-state index contributed by atoms with van der Waals surface area (Å²) < 4.78 is 0. The molecule has 0 heterocycles. The van der Waals surface area contributed by atoms with Crippen molar-refractivity contribution < 1.29 is 9.90 Å². The first-order chi connectivity index (χ1) is 13.1. The molecule has 0 bridgehead atoms. The number of benzene rings is 2. The van der Waals surface area contributed by atoms with Gasteiger partial charge in [0.2, 0.25) is 0 Å². The predicted molar refractivity (Wildman–Crippen MR) is 124 cm³/mol. The monoisotopic (exact) mass is 383 g/mol. The Labute approximate surface area is 171 Å². The van der Waals surface area contributed by atoms with Crippen molar-refractivity contribution in [2.45, 2.75) is 34.6 Å². The highest BCUT2D eigenvalue weighted by molar-refractivity contribution is 5.52. The van der Waals surface area contributed by atoms with Gasteiger partial charge in [0, 0.05) is 6.54 Å². The zero-order valence-electron chi connectivity index (χ0n) is 16.8. The number of carbonyl (C=O) groups is 1. The largest absolute Gasteiger partial charge is 0.508 e. The molecule has 0 fully saturated rings. The Morgan fingerprint density at radius 3 is 2.21 bits per heavy atom. The number of phenolic OH excluding ortho intramolecular Hbond substituents is 1. The van der Waals surface area contributed by atoms with Crippen molar-refractivity contribution in [2.24, 2.45) is 5.92 Å². The maximum Gasteiger partial charge on any atom is 0.115 e. The normalized spacial score (nSPS) is 10.5. The molecule has 3 nitrogen and oxygen atoms in total. The van der Waals surface area contributed by atoms with E-state index in [1.807, 2.05) is 51.0 Å². The molecule has 0 radical (unpaired) electrons. The lowest BCUT2D eigenvalue weighted by Crippen LogP contribution is -2.24. The number of rotatable bonds is 8. The average Bonchev–Trinajstić information content (AvgIpc) is 2.74. The molecule has 0 aliphatic rings. The molecule has 0 aromatic heterocycles. The van der Waals surface area contributed by atoms with Crippen molar-refractivity contribution in [3.05, 3.63) is 84.0 Å². The van der Waals surface area contributed by atoms with Gasteiger partial charge in [-0.2, -0.15) is 0 Å². The van der Waals surface area contributed by atoms with Crippen molar-refractivity contribution >= 4 is 12.9 Å². The van der Waals surface area contributed by atoms with Gasteiger partial charge in [-0.15, -0.1) is 0 Å². The van der Waals surface area contributed by atoms with E-state index in [1.165, 1.54) is 11.1 Å². The van der Waals surface area contributed by atoms with Gasteiger partial charge in [0.25, 0.3) is 0 Å². The number of carbonyl (C=O) groups excluding carboxylic acids is 1. The SMILES string of the molecule is C.C=C(/C=C/c1ccccc1)C(C)CNCCc1ccc(O)cc1.C=O.CC. The van der Waals surface area contributed by atoms with Gasteiger partial charge in [-0.05, 0) is 42.1 Å². The molecule has 1 atom stereocenters. The van der Waals surface area contributed by atoms with Crippen molar-refractivity contribution in [3.8, 4) is 5.75 Å². The van der Waals surface area contributed by atoms with Crippen LogP contribution in [0.2, 0.25) is 0 Å². The molecule has 1 unspecified atom stereocenters. The van der Waals surface area contributed by atoms with Crippen LogP contribution in [0.25, 0.3) is 6.08 Å². The summed E-state index contributed by atoms with van der Waals surface area (Å²) in [7, 11) is 0. The fraction of sp³-hybridized carbons (Fsp3) is 0.320. The molecule has 2 rings (SSSR count). The number of phenols is 1. The Morgan fingerprint density at radius 1 is 1.07 bits per heavy atom. The standard InChI is InChI=1S/C21H25NO.C2H6.CH2O.CH4/c1-17(8-9-19-6-4-3-5-7-19)18(2)16-22-15-14-20-10-12-21(23)13-11-20;2*1-2;/h3-13,18,22-23H,1,14-16H2,2H3;1-2H3;1H2;1H4/b9-8+;;;. The molecule has 154 valence electrons. The average molecular weight is 384 g/mol. The van der Waals surface area contributed by atoms with Gasteiger partial charge in [0.1, 0.15) is 12.5 Å². The van der Waals surface area contributed by atoms with E-state index in [-0.39, 0.29) is 7.43 Å². The third kappa shape index (κ3) is 11.9. The summed E-state index contributed by atoms with van der Waals surface area (Å²) >= 11 is 0. The smallest absolute Gasteiger partial charge is 0.115 e. The first kappa shape index (κ1) is 27.6. The summed E-state index contributed by atoms with van der Waals surface area (Å²) in [6, 6.07) is 17.7. The van der Waals surface area contributed by atoms with E-state index in [0.717, 1.165) is 25.1 Å². The first-order valence-corrected chi connectivity index (χ1v) is 9.34. The van der Waals surface area contributed by atoms with E-state index in [0.29, 0.717) is 11.7 Å². The maximum atomic E-state index is 9.26. The van der Waals surface area contributed by atoms with Gasteiger partial charge in [0.15, 0.2) is 0 Å². The maximum absolute atomic E-state index is 9.26. The summed E-state index contributed by atoms with van der Waals surface area (Å²) in [5, 5.41) is 12.7. The van der Waals surface area contributed by atoms with Crippen LogP contribution in [0.5, 0.6) is 5.75 Å². The second-order valence-electron chi connectivity index (χ2n) is 5.84. The highest BCUT2D eigenvalue weighted by Crippen LogP contribution is 2.12. The molecular weight excluding hydrogens is 346 g/mol. The van der Waals surface area contributed by atoms with Crippen LogP contribution in [-0.4, -0.2) is 25.0 Å². The summed E-state index contributed by atoms with van der Waals surface area (Å²) in [6.07, 6.45) is 5.16. The van der Waals surface area contributed by atoms with E-state index in [1.54, 1.807) is 12.1 Å². The lowest BCUT2D eigenvalue weighted by molar-refractivity contribution is -0.0979. The zero-order chi connectivity index (χ0) is 20.5. The van der Waals surface area contributed by atoms with Crippen LogP contribution in [0.4, 0.5) is 0 Å². The lowest BCUT2D eigenvalue weighted by atomic mass is 10.0. The van der Waals surface area contributed by atoms with Gasteiger partial charge in [-0.25, -0.2) is 0 Å². The van der Waals surface area contributed by atoms with Crippen LogP contribution in [-0.2, 0) is 11.2 Å². The first-order valence-electron chi connectivity index (χ1n) is 9.34. The number of allylic oxidation sites excluding steroid dienone is 1. The molecule has 0 saturated carbocycles. The molecule has 0 saturated heterocycles. The van der Waals surface area contributed by atoms with Gasteiger partial charge in [-0.3, -0.25) is 0 Å². The van der Waals surface area contributed by atoms with E-state index in [2.05, 4.69) is 43.1 Å². The molecule has 28 heavy (non-hydrogen) atoms. The van der Waals surface area contributed by atoms with E-state index in [4.69, 9.17) is 4.79 Å². The Balaban J connectivity index is 0. The number of hydrogen-bond donors (Lipinski definition) is 2. The Hall–Kier alpha value is -2.65. The van der Waals surface area contributed by atoms with Gasteiger partial charge in [-0.1, -0.05) is 95.0 Å². The predicted octanol–water partition coefficient (Wildman–Crippen LogP) is 5.91. The molecule has 2 N–H and O–H groups in total. The van der Waals surface area contributed by atoms with Crippen molar-refractivity contribution in [1.29, 1.82) is 0 Å². The van der Waals surface area contributed by atoms with Crippen LogP contribution in [0.3, 0.4) is 0 Å². The molecule has 0 spiro atoms. The fourth-order valence-corrected chi connectivity index (χ4v) is 2.28. The molecule has 3 heteroatoms. The van der Waals surface area contributed by atoms with Crippen molar-refractivity contribution in [1.82, 2.24) is 5.32 Å². The summed E-state index contributed by atoms with van der Waals surface area (Å²) in [5.41, 5.74) is 3.55. The van der Waals surface area contributed by atoms with Crippen molar-refractivity contribution in [2.75, 3.05) is 13.1 Å². The Bertz CT molecular complexity index is 648. The van der Waals surface area contributed by atoms with Gasteiger partial charge >= 0.3 is 0 Å². The third-order valence-electron chi connectivity index (χ3n) is 3.90. The third-order valence-corrected chi connectivity index (χ3v) is 3.90. The molecule has 0 aliphatic carbocycles. The lowest BCUT2D eigenvalue weighted by Gasteiger charge is -2.13. The van der Waals surface area contributed by atoms with Crippen LogP contribution in [0, 0.1) is 5.92 Å². The fourth-order valence-electron chi connectivity index (χ4n) is 2.28. The van der Waals surface area contributed by atoms with Crippen molar-refractivity contribution in [3.63, 3.8) is 0 Å². The summed E-state index contributed by atoms with van der Waals surface area (Å²) in [5.74, 6) is 0.714. The van der Waals surface area contributed by atoms with Crippen LogP contribution in [0.1, 0.15) is 39.3 Å². The number of nitrogens with one attached hydrogen (secondary N) is 1. The van der Waals surface area contributed by atoms with Crippen LogP contribution >= 0.6 is 0 Å². The van der Waals surface area contributed by atoms with E-state index in [9.17, 15) is 5.11 Å². The minimum absolute atomic E-state index is 0. The molecular formula is C25H37NO2. The van der Waals surface area contributed by atoms with Crippen LogP contribution < -0.4 is 5.32 Å².